The highest BCUT2D eigenvalue weighted by Crippen LogP contribution is 2.22. The molecule has 0 unspecified atom stereocenters. The Morgan fingerprint density at radius 2 is 2.10 bits per heavy atom. The first kappa shape index (κ1) is 15.1. The summed E-state index contributed by atoms with van der Waals surface area (Å²) in [4.78, 5) is 11.1. The van der Waals surface area contributed by atoms with Crippen LogP contribution in [0.15, 0.2) is 18.2 Å². The standard InChI is InChI=1S/C15H20ClNO3/c16-11-6-7-13(15(18)19)14(10-11)17-8-9-20-12-4-2-1-3-5-12/h6-7,10,12,17H,1-5,8-9H2,(H,18,19). The van der Waals surface area contributed by atoms with E-state index >= 15 is 0 Å². The third-order valence-electron chi connectivity index (χ3n) is 3.54. The number of rotatable bonds is 6. The summed E-state index contributed by atoms with van der Waals surface area (Å²) in [5.74, 6) is -0.961. The molecule has 20 heavy (non-hydrogen) atoms. The summed E-state index contributed by atoms with van der Waals surface area (Å²) >= 11 is 5.89. The first-order chi connectivity index (χ1) is 9.66. The zero-order valence-corrected chi connectivity index (χ0v) is 12.2. The fraction of sp³-hybridized carbons (Fsp3) is 0.533. The number of nitrogens with one attached hydrogen (secondary N) is 1. The summed E-state index contributed by atoms with van der Waals surface area (Å²) in [6, 6.07) is 4.72. The van der Waals surface area contributed by atoms with E-state index in [4.69, 9.17) is 21.4 Å². The fourth-order valence-electron chi connectivity index (χ4n) is 2.49. The highest BCUT2D eigenvalue weighted by Gasteiger charge is 2.14. The summed E-state index contributed by atoms with van der Waals surface area (Å²) in [5, 5.41) is 12.7. The molecule has 0 radical (unpaired) electrons. The van der Waals surface area contributed by atoms with Crippen molar-refractivity contribution < 1.29 is 14.6 Å². The molecule has 0 heterocycles. The molecule has 2 N–H and O–H groups in total. The molecule has 1 saturated carbocycles. The molecule has 0 amide bonds. The second kappa shape index (κ2) is 7.50. The summed E-state index contributed by atoms with van der Waals surface area (Å²) in [7, 11) is 0. The minimum Gasteiger partial charge on any atom is -0.478 e. The molecule has 0 spiro atoms. The SMILES string of the molecule is O=C(O)c1ccc(Cl)cc1NCCOC1CCCCC1. The van der Waals surface area contributed by atoms with Crippen LogP contribution in [-0.2, 0) is 4.74 Å². The van der Waals surface area contributed by atoms with Gasteiger partial charge in [-0.05, 0) is 31.0 Å². The third kappa shape index (κ3) is 4.39. The van der Waals surface area contributed by atoms with E-state index in [0.717, 1.165) is 12.8 Å². The minimum atomic E-state index is -0.961. The minimum absolute atomic E-state index is 0.229. The molecule has 1 aliphatic carbocycles. The van der Waals surface area contributed by atoms with Crippen LogP contribution in [0.3, 0.4) is 0 Å². The van der Waals surface area contributed by atoms with Crippen molar-refractivity contribution in [2.75, 3.05) is 18.5 Å². The Hall–Kier alpha value is -1.26. The molecule has 0 aromatic heterocycles. The van der Waals surface area contributed by atoms with Gasteiger partial charge < -0.3 is 15.2 Å². The van der Waals surface area contributed by atoms with Gasteiger partial charge in [-0.15, -0.1) is 0 Å². The number of carboxylic acids is 1. The number of carboxylic acid groups (broad SMARTS) is 1. The highest BCUT2D eigenvalue weighted by atomic mass is 35.5. The molecule has 4 nitrogen and oxygen atoms in total. The maximum atomic E-state index is 11.1. The van der Waals surface area contributed by atoms with Gasteiger partial charge >= 0.3 is 5.97 Å². The maximum Gasteiger partial charge on any atom is 0.337 e. The van der Waals surface area contributed by atoms with Crippen molar-refractivity contribution in [3.63, 3.8) is 0 Å². The Kier molecular flexibility index (Phi) is 5.68. The van der Waals surface area contributed by atoms with Gasteiger partial charge in [0.2, 0.25) is 0 Å². The topological polar surface area (TPSA) is 58.6 Å². The van der Waals surface area contributed by atoms with Gasteiger partial charge in [-0.3, -0.25) is 0 Å². The van der Waals surface area contributed by atoms with Gasteiger partial charge in [0.15, 0.2) is 0 Å². The van der Waals surface area contributed by atoms with E-state index in [0.29, 0.717) is 30.0 Å². The van der Waals surface area contributed by atoms with Crippen LogP contribution >= 0.6 is 11.6 Å². The number of anilines is 1. The van der Waals surface area contributed by atoms with E-state index in [9.17, 15) is 4.79 Å². The number of ether oxygens (including phenoxy) is 1. The van der Waals surface area contributed by atoms with E-state index < -0.39 is 5.97 Å². The van der Waals surface area contributed by atoms with E-state index in [-0.39, 0.29) is 5.56 Å². The van der Waals surface area contributed by atoms with Gasteiger partial charge in [-0.25, -0.2) is 4.79 Å². The molecule has 5 heteroatoms. The van der Waals surface area contributed by atoms with Crippen LogP contribution in [0.1, 0.15) is 42.5 Å². The van der Waals surface area contributed by atoms with Crippen LogP contribution in [0.4, 0.5) is 5.69 Å². The predicted octanol–water partition coefficient (Wildman–Crippen LogP) is 3.80. The van der Waals surface area contributed by atoms with Crippen molar-refractivity contribution in [2.45, 2.75) is 38.2 Å². The van der Waals surface area contributed by atoms with Crippen molar-refractivity contribution in [1.29, 1.82) is 0 Å². The second-order valence-corrected chi connectivity index (χ2v) is 5.49. The Balaban J connectivity index is 1.81. The van der Waals surface area contributed by atoms with Crippen LogP contribution in [0.2, 0.25) is 5.02 Å². The lowest BCUT2D eigenvalue weighted by atomic mass is 9.98. The van der Waals surface area contributed by atoms with E-state index in [1.54, 1.807) is 12.1 Å². The molecule has 2 rings (SSSR count). The van der Waals surface area contributed by atoms with Crippen LogP contribution in [-0.4, -0.2) is 30.3 Å². The van der Waals surface area contributed by atoms with E-state index in [1.807, 2.05) is 0 Å². The molecule has 0 saturated heterocycles. The smallest absolute Gasteiger partial charge is 0.337 e. The van der Waals surface area contributed by atoms with Gasteiger partial charge in [-0.1, -0.05) is 30.9 Å². The van der Waals surface area contributed by atoms with Crippen molar-refractivity contribution >= 4 is 23.3 Å². The number of aromatic carboxylic acids is 1. The molecule has 0 bridgehead atoms. The van der Waals surface area contributed by atoms with Crippen molar-refractivity contribution in [3.8, 4) is 0 Å². The van der Waals surface area contributed by atoms with E-state index in [1.165, 1.54) is 25.3 Å². The fourth-order valence-corrected chi connectivity index (χ4v) is 2.66. The molecule has 0 atom stereocenters. The average Bonchev–Trinajstić information content (AvgIpc) is 2.44. The van der Waals surface area contributed by atoms with Gasteiger partial charge in [0.1, 0.15) is 0 Å². The summed E-state index contributed by atoms with van der Waals surface area (Å²) in [6.07, 6.45) is 6.44. The monoisotopic (exact) mass is 297 g/mol. The second-order valence-electron chi connectivity index (χ2n) is 5.05. The van der Waals surface area contributed by atoms with Crippen molar-refractivity contribution in [2.24, 2.45) is 0 Å². The zero-order chi connectivity index (χ0) is 14.4. The number of hydrogen-bond acceptors (Lipinski definition) is 3. The van der Waals surface area contributed by atoms with Gasteiger partial charge in [0, 0.05) is 11.6 Å². The molecule has 1 aliphatic rings. The van der Waals surface area contributed by atoms with Crippen molar-refractivity contribution in [3.05, 3.63) is 28.8 Å². The highest BCUT2D eigenvalue weighted by molar-refractivity contribution is 6.31. The Labute approximate surface area is 124 Å². The van der Waals surface area contributed by atoms with Crippen LogP contribution in [0.25, 0.3) is 0 Å². The number of carbonyl (C=O) groups is 1. The van der Waals surface area contributed by atoms with Crippen LogP contribution < -0.4 is 5.32 Å². The number of hydrogen-bond donors (Lipinski definition) is 2. The summed E-state index contributed by atoms with van der Waals surface area (Å²) in [6.45, 7) is 1.16. The van der Waals surface area contributed by atoms with Gasteiger partial charge in [0.25, 0.3) is 0 Å². The predicted molar refractivity (Wildman–Crippen MR) is 79.7 cm³/mol. The summed E-state index contributed by atoms with van der Waals surface area (Å²) in [5.41, 5.74) is 0.768. The molecule has 0 aliphatic heterocycles. The lowest BCUT2D eigenvalue weighted by molar-refractivity contribution is 0.0347. The van der Waals surface area contributed by atoms with E-state index in [2.05, 4.69) is 5.32 Å². The Morgan fingerprint density at radius 1 is 1.35 bits per heavy atom. The largest absolute Gasteiger partial charge is 0.478 e. The quantitative estimate of drug-likeness (QED) is 0.784. The molecular weight excluding hydrogens is 278 g/mol. The van der Waals surface area contributed by atoms with Gasteiger partial charge in [0.05, 0.1) is 24.0 Å². The maximum absolute atomic E-state index is 11.1. The lowest BCUT2D eigenvalue weighted by Crippen LogP contribution is -2.21. The first-order valence-electron chi connectivity index (χ1n) is 7.05. The van der Waals surface area contributed by atoms with Crippen molar-refractivity contribution in [1.82, 2.24) is 0 Å². The molecule has 1 aromatic rings. The lowest BCUT2D eigenvalue weighted by Gasteiger charge is -2.22. The number of benzene rings is 1. The first-order valence-corrected chi connectivity index (χ1v) is 7.43. The Bertz CT molecular complexity index is 458. The number of halogens is 1. The van der Waals surface area contributed by atoms with Crippen LogP contribution in [0.5, 0.6) is 0 Å². The molecule has 1 aromatic carbocycles. The summed E-state index contributed by atoms with van der Waals surface area (Å²) < 4.78 is 5.79. The molecular formula is C15H20ClNO3. The zero-order valence-electron chi connectivity index (χ0n) is 11.4. The van der Waals surface area contributed by atoms with Gasteiger partial charge in [-0.2, -0.15) is 0 Å². The molecule has 110 valence electrons. The third-order valence-corrected chi connectivity index (χ3v) is 3.77. The average molecular weight is 298 g/mol. The molecule has 1 fully saturated rings. The normalized spacial score (nSPS) is 16.1. The van der Waals surface area contributed by atoms with Crippen LogP contribution in [0, 0.1) is 0 Å². The Morgan fingerprint density at radius 3 is 2.80 bits per heavy atom.